The van der Waals surface area contributed by atoms with Crippen LogP contribution in [0.5, 0.6) is 0 Å². The Bertz CT molecular complexity index is 1090. The zero-order valence-corrected chi connectivity index (χ0v) is 16.4. The molecule has 0 spiro atoms. The normalized spacial score (nSPS) is 10.8. The van der Waals surface area contributed by atoms with E-state index in [0.717, 1.165) is 21.6 Å². The summed E-state index contributed by atoms with van der Waals surface area (Å²) in [4.78, 5) is 15.5. The quantitative estimate of drug-likeness (QED) is 0.479. The standard InChI is InChI=1S/C22H19N3O2S/c1-15-5-3-6-18(13-15)21-24-23-20(27-21)16-8-10-17(11-9-16)22(26)25(2)14-19-7-4-12-28-19/h3-13H,14H2,1-2H3. The predicted octanol–water partition coefficient (Wildman–Crippen LogP) is 5.05. The van der Waals surface area contributed by atoms with E-state index in [0.29, 0.717) is 23.9 Å². The molecule has 4 aromatic rings. The number of thiophene rings is 1. The van der Waals surface area contributed by atoms with Crippen LogP contribution in [0.2, 0.25) is 0 Å². The average molecular weight is 389 g/mol. The van der Waals surface area contributed by atoms with E-state index in [-0.39, 0.29) is 5.91 Å². The van der Waals surface area contributed by atoms with E-state index in [1.807, 2.05) is 67.9 Å². The van der Waals surface area contributed by atoms with Crippen molar-refractivity contribution in [1.82, 2.24) is 15.1 Å². The first kappa shape index (κ1) is 18.1. The third-order valence-corrected chi connectivity index (χ3v) is 5.25. The second kappa shape index (κ2) is 7.78. The molecule has 28 heavy (non-hydrogen) atoms. The van der Waals surface area contributed by atoms with Gasteiger partial charge in [-0.2, -0.15) is 0 Å². The molecule has 140 valence electrons. The molecule has 0 saturated carbocycles. The van der Waals surface area contributed by atoms with Gasteiger partial charge in [0.1, 0.15) is 0 Å². The number of amides is 1. The summed E-state index contributed by atoms with van der Waals surface area (Å²) in [7, 11) is 1.81. The number of carbonyl (C=O) groups is 1. The molecule has 6 heteroatoms. The minimum absolute atomic E-state index is 0.0223. The van der Waals surface area contributed by atoms with Crippen LogP contribution in [0.15, 0.2) is 70.5 Å². The van der Waals surface area contributed by atoms with Crippen LogP contribution in [0.1, 0.15) is 20.8 Å². The Morgan fingerprint density at radius 2 is 1.75 bits per heavy atom. The van der Waals surface area contributed by atoms with Crippen molar-refractivity contribution >= 4 is 17.2 Å². The predicted molar refractivity (Wildman–Crippen MR) is 110 cm³/mol. The van der Waals surface area contributed by atoms with E-state index in [4.69, 9.17) is 4.42 Å². The highest BCUT2D eigenvalue weighted by Crippen LogP contribution is 2.25. The third kappa shape index (κ3) is 3.87. The molecule has 0 aliphatic carbocycles. The highest BCUT2D eigenvalue weighted by atomic mass is 32.1. The van der Waals surface area contributed by atoms with Gasteiger partial charge in [-0.15, -0.1) is 21.5 Å². The van der Waals surface area contributed by atoms with E-state index in [1.54, 1.807) is 28.4 Å². The van der Waals surface area contributed by atoms with Crippen molar-refractivity contribution in [2.45, 2.75) is 13.5 Å². The van der Waals surface area contributed by atoms with Gasteiger partial charge in [0.15, 0.2) is 0 Å². The molecule has 0 aliphatic heterocycles. The minimum Gasteiger partial charge on any atom is -0.416 e. The van der Waals surface area contributed by atoms with E-state index in [1.165, 1.54) is 0 Å². The van der Waals surface area contributed by atoms with Gasteiger partial charge in [-0.05, 0) is 54.8 Å². The van der Waals surface area contributed by atoms with Crippen molar-refractivity contribution in [2.24, 2.45) is 0 Å². The van der Waals surface area contributed by atoms with Crippen molar-refractivity contribution in [2.75, 3.05) is 7.05 Å². The van der Waals surface area contributed by atoms with Crippen LogP contribution in [0.3, 0.4) is 0 Å². The third-order valence-electron chi connectivity index (χ3n) is 4.39. The van der Waals surface area contributed by atoms with E-state index >= 15 is 0 Å². The Hall–Kier alpha value is -3.25. The fourth-order valence-corrected chi connectivity index (χ4v) is 3.68. The molecule has 5 nitrogen and oxygen atoms in total. The second-order valence-electron chi connectivity index (χ2n) is 6.60. The smallest absolute Gasteiger partial charge is 0.253 e. The Kier molecular flexibility index (Phi) is 5.04. The van der Waals surface area contributed by atoms with Crippen LogP contribution in [-0.2, 0) is 6.54 Å². The molecule has 2 aromatic carbocycles. The maximum absolute atomic E-state index is 12.6. The highest BCUT2D eigenvalue weighted by Gasteiger charge is 2.15. The van der Waals surface area contributed by atoms with Gasteiger partial charge in [0, 0.05) is 28.6 Å². The number of hydrogen-bond acceptors (Lipinski definition) is 5. The Morgan fingerprint density at radius 3 is 2.43 bits per heavy atom. The van der Waals surface area contributed by atoms with E-state index in [9.17, 15) is 4.79 Å². The summed E-state index contributed by atoms with van der Waals surface area (Å²) in [5.74, 6) is 0.892. The average Bonchev–Trinajstić information content (AvgIpc) is 3.40. The molecule has 1 amide bonds. The summed E-state index contributed by atoms with van der Waals surface area (Å²) >= 11 is 1.64. The van der Waals surface area contributed by atoms with Gasteiger partial charge >= 0.3 is 0 Å². The molecule has 2 aromatic heterocycles. The lowest BCUT2D eigenvalue weighted by Crippen LogP contribution is -2.25. The van der Waals surface area contributed by atoms with Gasteiger partial charge in [-0.1, -0.05) is 23.8 Å². The van der Waals surface area contributed by atoms with Crippen molar-refractivity contribution in [1.29, 1.82) is 0 Å². The van der Waals surface area contributed by atoms with Gasteiger partial charge in [-0.25, -0.2) is 0 Å². The van der Waals surface area contributed by atoms with Crippen molar-refractivity contribution < 1.29 is 9.21 Å². The Morgan fingerprint density at radius 1 is 1.00 bits per heavy atom. The lowest BCUT2D eigenvalue weighted by molar-refractivity contribution is 0.0786. The zero-order chi connectivity index (χ0) is 19.5. The maximum Gasteiger partial charge on any atom is 0.253 e. The lowest BCUT2D eigenvalue weighted by atomic mass is 10.1. The molecule has 0 saturated heterocycles. The fraction of sp³-hybridized carbons (Fsp3) is 0.136. The Labute approximate surface area is 167 Å². The molecule has 0 atom stereocenters. The molecular weight excluding hydrogens is 370 g/mol. The van der Waals surface area contributed by atoms with Crippen molar-refractivity contribution in [3.63, 3.8) is 0 Å². The zero-order valence-electron chi connectivity index (χ0n) is 15.6. The summed E-state index contributed by atoms with van der Waals surface area (Å²) in [5, 5.41) is 10.3. The molecule has 0 fully saturated rings. The molecule has 0 bridgehead atoms. The second-order valence-corrected chi connectivity index (χ2v) is 7.63. The SMILES string of the molecule is Cc1cccc(-c2nnc(-c3ccc(C(=O)N(C)Cc4cccs4)cc3)o2)c1. The van der Waals surface area contributed by atoms with Gasteiger partial charge in [0.2, 0.25) is 11.8 Å². The number of benzene rings is 2. The van der Waals surface area contributed by atoms with Crippen LogP contribution in [0.25, 0.3) is 22.9 Å². The van der Waals surface area contributed by atoms with E-state index in [2.05, 4.69) is 10.2 Å². The fourth-order valence-electron chi connectivity index (χ4n) is 2.92. The molecule has 4 rings (SSSR count). The number of nitrogens with zero attached hydrogens (tertiary/aromatic N) is 3. The molecule has 2 heterocycles. The largest absolute Gasteiger partial charge is 0.416 e. The first-order chi connectivity index (χ1) is 13.6. The molecule has 0 N–H and O–H groups in total. The van der Waals surface area contributed by atoms with Gasteiger partial charge in [-0.3, -0.25) is 4.79 Å². The summed E-state index contributed by atoms with van der Waals surface area (Å²) in [6.45, 7) is 2.62. The van der Waals surface area contributed by atoms with Crippen LogP contribution < -0.4 is 0 Å². The lowest BCUT2D eigenvalue weighted by Gasteiger charge is -2.16. The highest BCUT2D eigenvalue weighted by molar-refractivity contribution is 7.09. The van der Waals surface area contributed by atoms with Crippen molar-refractivity contribution in [3.05, 3.63) is 82.0 Å². The number of rotatable bonds is 5. The molecular formula is C22H19N3O2S. The van der Waals surface area contributed by atoms with E-state index < -0.39 is 0 Å². The number of aryl methyl sites for hydroxylation is 1. The maximum atomic E-state index is 12.6. The number of hydrogen-bond donors (Lipinski definition) is 0. The molecule has 0 radical (unpaired) electrons. The van der Waals surface area contributed by atoms with Gasteiger partial charge in [0.25, 0.3) is 5.91 Å². The van der Waals surface area contributed by atoms with Gasteiger partial charge < -0.3 is 9.32 Å². The Balaban J connectivity index is 1.49. The van der Waals surface area contributed by atoms with Crippen LogP contribution in [-0.4, -0.2) is 28.1 Å². The van der Waals surface area contributed by atoms with Crippen LogP contribution >= 0.6 is 11.3 Å². The summed E-state index contributed by atoms with van der Waals surface area (Å²) in [5.41, 5.74) is 3.43. The topological polar surface area (TPSA) is 59.2 Å². The monoisotopic (exact) mass is 389 g/mol. The molecule has 0 unspecified atom stereocenters. The number of aromatic nitrogens is 2. The number of carbonyl (C=O) groups excluding carboxylic acids is 1. The van der Waals surface area contributed by atoms with Crippen LogP contribution in [0, 0.1) is 6.92 Å². The summed E-state index contributed by atoms with van der Waals surface area (Å²) < 4.78 is 5.81. The minimum atomic E-state index is -0.0223. The van der Waals surface area contributed by atoms with Crippen LogP contribution in [0.4, 0.5) is 0 Å². The van der Waals surface area contributed by atoms with Crippen molar-refractivity contribution in [3.8, 4) is 22.9 Å². The first-order valence-electron chi connectivity index (χ1n) is 8.89. The summed E-state index contributed by atoms with van der Waals surface area (Å²) in [6.07, 6.45) is 0. The first-order valence-corrected chi connectivity index (χ1v) is 9.77. The summed E-state index contributed by atoms with van der Waals surface area (Å²) in [6, 6.07) is 19.2. The molecule has 0 aliphatic rings. The van der Waals surface area contributed by atoms with Gasteiger partial charge in [0.05, 0.1) is 6.54 Å².